The summed E-state index contributed by atoms with van der Waals surface area (Å²) in [6, 6.07) is 1.73. The summed E-state index contributed by atoms with van der Waals surface area (Å²) in [4.78, 5) is 32.4. The molecule has 1 aliphatic rings. The van der Waals surface area contributed by atoms with Crippen molar-refractivity contribution in [3.05, 3.63) is 59.9 Å². The molecule has 0 saturated carbocycles. The van der Waals surface area contributed by atoms with Crippen LogP contribution in [0.4, 0.5) is 0 Å². The smallest absolute Gasteiger partial charge is 0.333 e. The lowest BCUT2D eigenvalue weighted by Gasteiger charge is -2.13. The van der Waals surface area contributed by atoms with Gasteiger partial charge in [0.15, 0.2) is 11.4 Å². The van der Waals surface area contributed by atoms with Crippen LogP contribution in [0.2, 0.25) is 0 Å². The Bertz CT molecular complexity index is 907. The Morgan fingerprint density at radius 2 is 2.07 bits per heavy atom. The molecule has 0 N–H and O–H groups in total. The minimum Gasteiger partial charge on any atom is -0.466 e. The van der Waals surface area contributed by atoms with E-state index in [0.717, 1.165) is 17.7 Å². The van der Waals surface area contributed by atoms with Gasteiger partial charge >= 0.3 is 5.97 Å². The van der Waals surface area contributed by atoms with Gasteiger partial charge in [-0.25, -0.2) is 14.8 Å². The SMILES string of the molecule is C=Cc1cc(C(=O)CCC2=CC=C(C(=O)OC)CC2)nc2cncn12.CC. The number of rotatable bonds is 6. The standard InChI is InChI=1S/C19H19N3O3.C2H6/c1-3-15-10-16(21-18-11-20-12-22(15)18)17(23)9-6-13-4-7-14(8-5-13)19(24)25-2;1-2/h3-4,7,10-12H,1,5-6,8-9H2,2H3;1-2H3. The quantitative estimate of drug-likeness (QED) is 0.566. The Morgan fingerprint density at radius 3 is 2.70 bits per heavy atom. The summed E-state index contributed by atoms with van der Waals surface area (Å²) in [5, 5.41) is 0. The fraction of sp³-hybridized carbons (Fsp3) is 0.333. The second-order valence-electron chi connectivity index (χ2n) is 5.82. The molecule has 2 aromatic heterocycles. The summed E-state index contributed by atoms with van der Waals surface area (Å²) in [5.41, 5.74) is 3.65. The zero-order valence-electron chi connectivity index (χ0n) is 16.1. The molecule has 0 aliphatic heterocycles. The topological polar surface area (TPSA) is 73.6 Å². The summed E-state index contributed by atoms with van der Waals surface area (Å²) in [6.45, 7) is 7.77. The van der Waals surface area contributed by atoms with E-state index < -0.39 is 0 Å². The molecule has 0 radical (unpaired) electrons. The molecule has 3 rings (SSSR count). The van der Waals surface area contributed by atoms with Crippen molar-refractivity contribution in [3.63, 3.8) is 0 Å². The van der Waals surface area contributed by atoms with Crippen LogP contribution in [0.1, 0.15) is 55.7 Å². The highest BCUT2D eigenvalue weighted by atomic mass is 16.5. The van der Waals surface area contributed by atoms with Gasteiger partial charge < -0.3 is 4.74 Å². The molecule has 0 saturated heterocycles. The molecular weight excluding hydrogens is 342 g/mol. The fourth-order valence-corrected chi connectivity index (χ4v) is 2.83. The van der Waals surface area contributed by atoms with Crippen LogP contribution in [0.25, 0.3) is 11.7 Å². The molecule has 0 unspecified atom stereocenters. The molecular formula is C21H25N3O3. The van der Waals surface area contributed by atoms with E-state index in [0.29, 0.717) is 36.2 Å². The maximum atomic E-state index is 12.5. The summed E-state index contributed by atoms with van der Waals surface area (Å²) >= 11 is 0. The Balaban J connectivity index is 0.00000126. The summed E-state index contributed by atoms with van der Waals surface area (Å²) in [6.07, 6.45) is 11.1. The minimum atomic E-state index is -0.290. The summed E-state index contributed by atoms with van der Waals surface area (Å²) in [7, 11) is 1.38. The van der Waals surface area contributed by atoms with Crippen molar-refractivity contribution in [1.82, 2.24) is 14.4 Å². The molecule has 142 valence electrons. The summed E-state index contributed by atoms with van der Waals surface area (Å²) < 4.78 is 6.50. The van der Waals surface area contributed by atoms with Crippen molar-refractivity contribution in [3.8, 4) is 0 Å². The van der Waals surface area contributed by atoms with Gasteiger partial charge in [-0.15, -0.1) is 0 Å². The van der Waals surface area contributed by atoms with Gasteiger partial charge in [-0.1, -0.05) is 38.2 Å². The molecule has 1 aliphatic carbocycles. The van der Waals surface area contributed by atoms with Crippen LogP contribution < -0.4 is 0 Å². The van der Waals surface area contributed by atoms with E-state index in [1.54, 1.807) is 35.1 Å². The Kier molecular flexibility index (Phi) is 7.23. The predicted molar refractivity (Wildman–Crippen MR) is 105 cm³/mol. The molecule has 2 aromatic rings. The van der Waals surface area contributed by atoms with Gasteiger partial charge in [-0.2, -0.15) is 0 Å². The van der Waals surface area contributed by atoms with Gasteiger partial charge in [-0.05, 0) is 31.4 Å². The second kappa shape index (κ2) is 9.62. The van der Waals surface area contributed by atoms with Crippen molar-refractivity contribution < 1.29 is 14.3 Å². The van der Waals surface area contributed by atoms with Crippen molar-refractivity contribution in [2.24, 2.45) is 0 Å². The second-order valence-corrected chi connectivity index (χ2v) is 5.82. The van der Waals surface area contributed by atoms with Crippen molar-refractivity contribution in [2.45, 2.75) is 39.5 Å². The molecule has 0 fully saturated rings. The Hall–Kier alpha value is -3.02. The lowest BCUT2D eigenvalue weighted by Crippen LogP contribution is -2.09. The van der Waals surface area contributed by atoms with Gasteiger partial charge in [0.2, 0.25) is 0 Å². The molecule has 2 heterocycles. The zero-order valence-corrected chi connectivity index (χ0v) is 16.1. The van der Waals surface area contributed by atoms with E-state index in [4.69, 9.17) is 4.74 Å². The van der Waals surface area contributed by atoms with Gasteiger partial charge in [-0.3, -0.25) is 9.20 Å². The number of methoxy groups -OCH3 is 1. The highest BCUT2D eigenvalue weighted by Gasteiger charge is 2.16. The first-order valence-electron chi connectivity index (χ1n) is 9.08. The number of allylic oxidation sites excluding steroid dienone is 3. The highest BCUT2D eigenvalue weighted by Crippen LogP contribution is 2.23. The highest BCUT2D eigenvalue weighted by molar-refractivity contribution is 5.95. The van der Waals surface area contributed by atoms with Crippen LogP contribution in [0.5, 0.6) is 0 Å². The minimum absolute atomic E-state index is 0.0181. The largest absolute Gasteiger partial charge is 0.466 e. The Morgan fingerprint density at radius 1 is 1.30 bits per heavy atom. The number of fused-ring (bicyclic) bond motifs is 1. The average Bonchev–Trinajstić information content (AvgIpc) is 3.21. The molecule has 0 spiro atoms. The molecule has 6 nitrogen and oxygen atoms in total. The van der Waals surface area contributed by atoms with Crippen LogP contribution >= 0.6 is 0 Å². The fourth-order valence-electron chi connectivity index (χ4n) is 2.83. The van der Waals surface area contributed by atoms with Gasteiger partial charge in [0.25, 0.3) is 0 Å². The lowest BCUT2D eigenvalue weighted by atomic mass is 9.94. The van der Waals surface area contributed by atoms with E-state index in [-0.39, 0.29) is 11.8 Å². The van der Waals surface area contributed by atoms with E-state index >= 15 is 0 Å². The Labute approximate surface area is 159 Å². The summed E-state index contributed by atoms with van der Waals surface area (Å²) in [5.74, 6) is -0.308. The van der Waals surface area contributed by atoms with Gasteiger partial charge in [0, 0.05) is 12.0 Å². The van der Waals surface area contributed by atoms with Crippen LogP contribution in [-0.4, -0.2) is 33.2 Å². The number of carbonyl (C=O) groups excluding carboxylic acids is 2. The number of imidazole rings is 1. The van der Waals surface area contributed by atoms with E-state index in [2.05, 4.69) is 16.5 Å². The number of nitrogens with zero attached hydrogens (tertiary/aromatic N) is 3. The van der Waals surface area contributed by atoms with E-state index in [1.807, 2.05) is 19.9 Å². The van der Waals surface area contributed by atoms with Crippen LogP contribution in [-0.2, 0) is 9.53 Å². The number of ketones is 1. The molecule has 6 heteroatoms. The van der Waals surface area contributed by atoms with Crippen LogP contribution in [0.3, 0.4) is 0 Å². The zero-order chi connectivity index (χ0) is 19.8. The van der Waals surface area contributed by atoms with E-state index in [1.165, 1.54) is 7.11 Å². The van der Waals surface area contributed by atoms with Gasteiger partial charge in [0.05, 0.1) is 19.0 Å². The molecule has 0 atom stereocenters. The maximum Gasteiger partial charge on any atom is 0.333 e. The normalized spacial score (nSPS) is 13.1. The maximum absolute atomic E-state index is 12.5. The number of carbonyl (C=O) groups is 2. The number of Topliss-reactive ketones (excluding diaryl/α,β-unsaturated/α-hetero) is 1. The molecule has 0 bridgehead atoms. The lowest BCUT2D eigenvalue weighted by molar-refractivity contribution is -0.136. The average molecular weight is 367 g/mol. The number of esters is 1. The van der Waals surface area contributed by atoms with Crippen LogP contribution in [0, 0.1) is 0 Å². The first-order valence-corrected chi connectivity index (χ1v) is 9.08. The molecule has 0 amide bonds. The van der Waals surface area contributed by atoms with E-state index in [9.17, 15) is 9.59 Å². The van der Waals surface area contributed by atoms with Crippen molar-refractivity contribution in [1.29, 1.82) is 0 Å². The number of aromatic nitrogens is 3. The van der Waals surface area contributed by atoms with Crippen LogP contribution in [0.15, 0.2) is 48.5 Å². The first kappa shape index (κ1) is 20.3. The third-order valence-electron chi connectivity index (χ3n) is 4.27. The van der Waals surface area contributed by atoms with Crippen molar-refractivity contribution in [2.75, 3.05) is 7.11 Å². The molecule has 0 aromatic carbocycles. The monoisotopic (exact) mass is 367 g/mol. The first-order chi connectivity index (χ1) is 13.1. The van der Waals surface area contributed by atoms with Crippen molar-refractivity contribution >= 4 is 23.5 Å². The third-order valence-corrected chi connectivity index (χ3v) is 4.27. The number of hydrogen-bond acceptors (Lipinski definition) is 5. The number of hydrogen-bond donors (Lipinski definition) is 0. The van der Waals surface area contributed by atoms with Gasteiger partial charge in [0.1, 0.15) is 12.0 Å². The third kappa shape index (κ3) is 4.78. The number of ether oxygens (including phenoxy) is 1. The molecule has 27 heavy (non-hydrogen) atoms. The predicted octanol–water partition coefficient (Wildman–Crippen LogP) is 4.18.